The molecule has 0 aliphatic heterocycles. The molecule has 0 amide bonds. The van der Waals surface area contributed by atoms with Gasteiger partial charge in [0, 0.05) is 12.1 Å². The predicted molar refractivity (Wildman–Crippen MR) is 48.2 cm³/mol. The van der Waals surface area contributed by atoms with E-state index in [1.54, 1.807) is 7.85 Å². The maximum Gasteiger partial charge on any atom is 0.335 e. The van der Waals surface area contributed by atoms with Crippen molar-refractivity contribution in [2.45, 2.75) is 0 Å². The quantitative estimate of drug-likeness (QED) is 0.378. The third-order valence-corrected chi connectivity index (χ3v) is 1.52. The summed E-state index contributed by atoms with van der Waals surface area (Å²) < 4.78 is 0. The normalized spacial score (nSPS) is 9.54. The molecule has 0 aromatic heterocycles. The molecule has 0 aliphatic carbocycles. The lowest BCUT2D eigenvalue weighted by Gasteiger charge is -1.97. The van der Waals surface area contributed by atoms with Gasteiger partial charge >= 0.3 is 5.97 Å². The molecule has 0 radical (unpaired) electrons. The summed E-state index contributed by atoms with van der Waals surface area (Å²) >= 11 is 0. The van der Waals surface area contributed by atoms with Crippen molar-refractivity contribution in [3.05, 3.63) is 33.9 Å². The number of nitrogens with zero attached hydrogens (tertiary/aromatic N) is 1. The Morgan fingerprint density at radius 1 is 1.46 bits per heavy atom. The second-order valence-corrected chi connectivity index (χ2v) is 2.62. The first-order valence-corrected chi connectivity index (χ1v) is 3.50. The van der Waals surface area contributed by atoms with E-state index in [4.69, 9.17) is 5.11 Å². The van der Waals surface area contributed by atoms with Crippen molar-refractivity contribution in [1.82, 2.24) is 0 Å². The van der Waals surface area contributed by atoms with Gasteiger partial charge in [-0.1, -0.05) is 11.5 Å². The fraction of sp³-hybridized carbons (Fsp3) is 0. The number of rotatable bonds is 2. The van der Waals surface area contributed by atoms with Crippen LogP contribution in [0.1, 0.15) is 10.4 Å². The minimum absolute atomic E-state index is 0.0632. The summed E-state index contributed by atoms with van der Waals surface area (Å²) in [4.78, 5) is 20.2. The van der Waals surface area contributed by atoms with Crippen LogP contribution in [-0.4, -0.2) is 23.8 Å². The molecule has 66 valence electrons. The lowest BCUT2D eigenvalue weighted by atomic mass is 9.94. The average Bonchev–Trinajstić information content (AvgIpc) is 2.03. The van der Waals surface area contributed by atoms with Gasteiger partial charge in [-0.25, -0.2) is 4.79 Å². The molecule has 0 fully saturated rings. The van der Waals surface area contributed by atoms with Gasteiger partial charge in [-0.2, -0.15) is 0 Å². The molecule has 5 nitrogen and oxygen atoms in total. The number of carboxylic acid groups (broad SMARTS) is 1. The molecule has 6 heteroatoms. The number of nitro groups is 1. The fourth-order valence-electron chi connectivity index (χ4n) is 0.992. The van der Waals surface area contributed by atoms with Crippen molar-refractivity contribution >= 4 is 25.0 Å². The van der Waals surface area contributed by atoms with E-state index in [1.807, 2.05) is 0 Å². The summed E-state index contributed by atoms with van der Waals surface area (Å²) in [7, 11) is 1.61. The van der Waals surface area contributed by atoms with Crippen LogP contribution in [0.2, 0.25) is 0 Å². The Hall–Kier alpha value is -1.85. The maximum absolute atomic E-state index is 10.5. The van der Waals surface area contributed by atoms with Gasteiger partial charge in [0.25, 0.3) is 5.69 Å². The van der Waals surface area contributed by atoms with Crippen LogP contribution in [0.15, 0.2) is 18.2 Å². The lowest BCUT2D eigenvalue weighted by Crippen LogP contribution is -2.08. The SMILES string of the molecule is Bc1cc(C(=O)O)cc([N+](=O)[O-])c1. The van der Waals surface area contributed by atoms with E-state index in [1.165, 1.54) is 12.1 Å². The molecule has 0 unspecified atom stereocenters. The van der Waals surface area contributed by atoms with Crippen molar-refractivity contribution in [2.75, 3.05) is 0 Å². The van der Waals surface area contributed by atoms with E-state index in [0.717, 1.165) is 6.07 Å². The van der Waals surface area contributed by atoms with Gasteiger partial charge in [-0.15, -0.1) is 0 Å². The van der Waals surface area contributed by atoms with E-state index in [9.17, 15) is 14.9 Å². The molecular formula is C7H6BNO4. The highest BCUT2D eigenvalue weighted by Crippen LogP contribution is 2.10. The van der Waals surface area contributed by atoms with Crippen LogP contribution >= 0.6 is 0 Å². The highest BCUT2D eigenvalue weighted by atomic mass is 16.6. The number of hydrogen-bond acceptors (Lipinski definition) is 3. The van der Waals surface area contributed by atoms with Crippen molar-refractivity contribution in [3.63, 3.8) is 0 Å². The summed E-state index contributed by atoms with van der Waals surface area (Å²) in [6, 6.07) is 3.75. The summed E-state index contributed by atoms with van der Waals surface area (Å²) in [6.07, 6.45) is 0. The van der Waals surface area contributed by atoms with Crippen LogP contribution in [0, 0.1) is 10.1 Å². The van der Waals surface area contributed by atoms with E-state index in [-0.39, 0.29) is 11.3 Å². The molecule has 1 aromatic rings. The highest BCUT2D eigenvalue weighted by Gasteiger charge is 2.11. The van der Waals surface area contributed by atoms with E-state index in [2.05, 4.69) is 0 Å². The van der Waals surface area contributed by atoms with Gasteiger partial charge in [0.15, 0.2) is 0 Å². The third kappa shape index (κ3) is 2.05. The molecule has 1 aromatic carbocycles. The van der Waals surface area contributed by atoms with Crippen LogP contribution in [0.3, 0.4) is 0 Å². The van der Waals surface area contributed by atoms with E-state index >= 15 is 0 Å². The number of carboxylic acids is 1. The molecule has 0 heterocycles. The van der Waals surface area contributed by atoms with Crippen LogP contribution in [-0.2, 0) is 0 Å². The van der Waals surface area contributed by atoms with Crippen molar-refractivity contribution in [2.24, 2.45) is 0 Å². The van der Waals surface area contributed by atoms with Crippen LogP contribution in [0.25, 0.3) is 0 Å². The van der Waals surface area contributed by atoms with Gasteiger partial charge in [-0.05, 0) is 0 Å². The number of aromatic carboxylic acids is 1. The first-order chi connectivity index (χ1) is 6.00. The summed E-state index contributed by atoms with van der Waals surface area (Å²) in [5, 5.41) is 18.9. The minimum Gasteiger partial charge on any atom is -0.478 e. The fourth-order valence-corrected chi connectivity index (χ4v) is 0.992. The lowest BCUT2D eigenvalue weighted by molar-refractivity contribution is -0.384. The van der Waals surface area contributed by atoms with Gasteiger partial charge < -0.3 is 5.11 Å². The van der Waals surface area contributed by atoms with Crippen molar-refractivity contribution < 1.29 is 14.8 Å². The van der Waals surface area contributed by atoms with Crippen molar-refractivity contribution in [3.8, 4) is 0 Å². The molecule has 1 N–H and O–H groups in total. The molecule has 0 aliphatic rings. The Bertz CT molecular complexity index is 345. The second-order valence-electron chi connectivity index (χ2n) is 2.62. The average molecular weight is 179 g/mol. The second kappa shape index (κ2) is 3.26. The predicted octanol–water partition coefficient (Wildman–Crippen LogP) is -0.449. The highest BCUT2D eigenvalue weighted by molar-refractivity contribution is 6.33. The summed E-state index contributed by atoms with van der Waals surface area (Å²) in [6.45, 7) is 0. The smallest absolute Gasteiger partial charge is 0.335 e. The van der Waals surface area contributed by atoms with Crippen LogP contribution < -0.4 is 5.46 Å². The molecule has 13 heavy (non-hydrogen) atoms. The molecule has 0 bridgehead atoms. The molecule has 1 rings (SSSR count). The monoisotopic (exact) mass is 179 g/mol. The molecule has 0 saturated heterocycles. The zero-order valence-corrected chi connectivity index (χ0v) is 6.85. The Morgan fingerprint density at radius 3 is 2.54 bits per heavy atom. The zero-order chi connectivity index (χ0) is 10.0. The largest absolute Gasteiger partial charge is 0.478 e. The summed E-state index contributed by atoms with van der Waals surface area (Å²) in [5.74, 6) is -1.16. The Kier molecular flexibility index (Phi) is 2.32. The molecule has 0 atom stereocenters. The van der Waals surface area contributed by atoms with E-state index < -0.39 is 10.9 Å². The maximum atomic E-state index is 10.5. The first kappa shape index (κ1) is 9.24. The van der Waals surface area contributed by atoms with Gasteiger partial charge in [0.1, 0.15) is 7.85 Å². The topological polar surface area (TPSA) is 80.4 Å². The van der Waals surface area contributed by atoms with Gasteiger partial charge in [0.2, 0.25) is 0 Å². The number of non-ortho nitro benzene ring substituents is 1. The molecule has 0 saturated carbocycles. The van der Waals surface area contributed by atoms with Gasteiger partial charge in [-0.3, -0.25) is 10.1 Å². The van der Waals surface area contributed by atoms with E-state index in [0.29, 0.717) is 5.46 Å². The van der Waals surface area contributed by atoms with Crippen LogP contribution in [0.5, 0.6) is 0 Å². The molecule has 0 spiro atoms. The van der Waals surface area contributed by atoms with Crippen molar-refractivity contribution in [1.29, 1.82) is 0 Å². The third-order valence-electron chi connectivity index (χ3n) is 1.52. The number of nitro benzene ring substituents is 1. The Morgan fingerprint density at radius 2 is 2.08 bits per heavy atom. The van der Waals surface area contributed by atoms with Gasteiger partial charge in [0.05, 0.1) is 10.5 Å². The first-order valence-electron chi connectivity index (χ1n) is 3.50. The number of hydrogen-bond donors (Lipinski definition) is 1. The summed E-state index contributed by atoms with van der Waals surface area (Å²) in [5.41, 5.74) is 0.302. The standard InChI is InChI=1S/C7H6BNO4/c8-5-1-4(7(10)11)2-6(3-5)9(12)13/h1-3H,8H2,(H,10,11). The Balaban J connectivity index is 3.26. The van der Waals surface area contributed by atoms with Crippen LogP contribution in [0.4, 0.5) is 5.69 Å². The number of benzene rings is 1. The number of carbonyl (C=O) groups is 1. The zero-order valence-electron chi connectivity index (χ0n) is 6.85. The Labute approximate surface area is 74.6 Å². The minimum atomic E-state index is -1.16. The molecular weight excluding hydrogens is 173 g/mol.